The Morgan fingerprint density at radius 3 is 2.12 bits per heavy atom. The highest BCUT2D eigenvalue weighted by atomic mass is 16.2. The van der Waals surface area contributed by atoms with Gasteiger partial charge in [0.2, 0.25) is 0 Å². The molecule has 0 unspecified atom stereocenters. The van der Waals surface area contributed by atoms with E-state index in [1.165, 1.54) is 23.3 Å². The molecule has 0 aromatic heterocycles. The van der Waals surface area contributed by atoms with Gasteiger partial charge in [0.05, 0.1) is 11.3 Å². The summed E-state index contributed by atoms with van der Waals surface area (Å²) in [5.74, 6) is -0.520. The number of hydrogen-bond acceptors (Lipinski definition) is 4. The number of benzene rings is 3. The molecule has 0 bridgehead atoms. The van der Waals surface area contributed by atoms with Crippen LogP contribution in [0.1, 0.15) is 29.5 Å². The third-order valence-electron chi connectivity index (χ3n) is 7.14. The van der Waals surface area contributed by atoms with Gasteiger partial charge in [0.25, 0.3) is 11.8 Å². The molecule has 0 N–H and O–H groups in total. The molecule has 34 heavy (non-hydrogen) atoms. The van der Waals surface area contributed by atoms with Gasteiger partial charge in [-0.05, 0) is 67.6 Å². The van der Waals surface area contributed by atoms with E-state index in [2.05, 4.69) is 11.0 Å². The second kappa shape index (κ2) is 8.17. The maximum absolute atomic E-state index is 13.9. The maximum atomic E-state index is 13.9. The maximum Gasteiger partial charge on any atom is 0.282 e. The van der Waals surface area contributed by atoms with Crippen LogP contribution in [0, 0.1) is 6.92 Å². The van der Waals surface area contributed by atoms with Crippen molar-refractivity contribution in [3.05, 3.63) is 95.2 Å². The molecule has 3 heterocycles. The van der Waals surface area contributed by atoms with Crippen molar-refractivity contribution in [1.29, 1.82) is 0 Å². The SMILES string of the molecule is Cc1ccc(C2=C(N3CCc4ccccc43)C(=O)N(c3ccc(N4CCCC4)cc3)C2=O)cc1. The molecule has 5 nitrogen and oxygen atoms in total. The predicted octanol–water partition coefficient (Wildman–Crippen LogP) is 4.94. The van der Waals surface area contributed by atoms with Gasteiger partial charge < -0.3 is 9.80 Å². The zero-order valence-electron chi connectivity index (χ0n) is 19.3. The lowest BCUT2D eigenvalue weighted by molar-refractivity contribution is -0.120. The lowest BCUT2D eigenvalue weighted by Crippen LogP contribution is -2.34. The summed E-state index contributed by atoms with van der Waals surface area (Å²) in [5.41, 5.74) is 6.81. The van der Waals surface area contributed by atoms with Crippen molar-refractivity contribution < 1.29 is 9.59 Å². The number of imide groups is 1. The first-order valence-corrected chi connectivity index (χ1v) is 12.0. The standard InChI is InChI=1S/C29H27N3O2/c1-20-8-10-22(11-9-20)26-27(31-19-16-21-6-2-3-7-25(21)31)29(34)32(28(26)33)24-14-12-23(13-15-24)30-17-4-5-18-30/h2-3,6-15H,4-5,16-19H2,1H3. The summed E-state index contributed by atoms with van der Waals surface area (Å²) in [4.78, 5) is 33.5. The summed E-state index contributed by atoms with van der Waals surface area (Å²) in [6.07, 6.45) is 3.26. The van der Waals surface area contributed by atoms with E-state index < -0.39 is 0 Å². The first kappa shape index (κ1) is 20.7. The predicted molar refractivity (Wildman–Crippen MR) is 136 cm³/mol. The number of hydrogen-bond donors (Lipinski definition) is 0. The fraction of sp³-hybridized carbons (Fsp3) is 0.241. The summed E-state index contributed by atoms with van der Waals surface area (Å²) >= 11 is 0. The zero-order valence-corrected chi connectivity index (χ0v) is 19.3. The highest BCUT2D eigenvalue weighted by Gasteiger charge is 2.44. The van der Waals surface area contributed by atoms with Crippen molar-refractivity contribution in [2.24, 2.45) is 0 Å². The van der Waals surface area contributed by atoms with E-state index in [1.54, 1.807) is 0 Å². The molecule has 0 aliphatic carbocycles. The van der Waals surface area contributed by atoms with Crippen LogP contribution in [0.25, 0.3) is 5.57 Å². The number of amides is 2. The quantitative estimate of drug-likeness (QED) is 0.529. The first-order chi connectivity index (χ1) is 16.6. The number of fused-ring (bicyclic) bond motifs is 1. The van der Waals surface area contributed by atoms with Crippen LogP contribution in [0.5, 0.6) is 0 Å². The smallest absolute Gasteiger partial charge is 0.282 e. The van der Waals surface area contributed by atoms with Crippen molar-refractivity contribution in [2.75, 3.05) is 34.3 Å². The highest BCUT2D eigenvalue weighted by molar-refractivity contribution is 6.46. The Hall–Kier alpha value is -3.86. The molecule has 5 heteroatoms. The first-order valence-electron chi connectivity index (χ1n) is 12.0. The lowest BCUT2D eigenvalue weighted by Gasteiger charge is -2.22. The molecule has 3 aromatic rings. The van der Waals surface area contributed by atoms with E-state index >= 15 is 0 Å². The molecule has 0 spiro atoms. The Balaban J connectivity index is 1.43. The van der Waals surface area contributed by atoms with Crippen LogP contribution in [0.3, 0.4) is 0 Å². The van der Waals surface area contributed by atoms with Crippen LogP contribution in [-0.4, -0.2) is 31.4 Å². The fourth-order valence-electron chi connectivity index (χ4n) is 5.34. The van der Waals surface area contributed by atoms with Crippen LogP contribution >= 0.6 is 0 Å². The fourth-order valence-corrected chi connectivity index (χ4v) is 5.34. The normalized spacial score (nSPS) is 17.9. The summed E-state index contributed by atoms with van der Waals surface area (Å²) in [7, 11) is 0. The second-order valence-corrected chi connectivity index (χ2v) is 9.28. The van der Waals surface area contributed by atoms with Crippen molar-refractivity contribution >= 4 is 34.4 Å². The summed E-state index contributed by atoms with van der Waals surface area (Å²) < 4.78 is 0. The van der Waals surface area contributed by atoms with Gasteiger partial charge in [-0.3, -0.25) is 9.59 Å². The van der Waals surface area contributed by atoms with E-state index in [-0.39, 0.29) is 11.8 Å². The average Bonchev–Trinajstić information content (AvgIpc) is 3.59. The molecule has 6 rings (SSSR count). The molecule has 1 saturated heterocycles. The Kier molecular flexibility index (Phi) is 4.98. The number of nitrogens with zero attached hydrogens (tertiary/aromatic N) is 3. The number of aryl methyl sites for hydroxylation is 1. The van der Waals surface area contributed by atoms with Crippen LogP contribution in [0.4, 0.5) is 17.1 Å². The summed E-state index contributed by atoms with van der Waals surface area (Å²) in [6.45, 7) is 4.81. The minimum absolute atomic E-state index is 0.258. The second-order valence-electron chi connectivity index (χ2n) is 9.28. The Labute approximate surface area is 199 Å². The largest absolute Gasteiger partial charge is 0.372 e. The third-order valence-corrected chi connectivity index (χ3v) is 7.14. The number of para-hydroxylation sites is 1. The van der Waals surface area contributed by atoms with Crippen LogP contribution < -0.4 is 14.7 Å². The molecule has 3 aliphatic heterocycles. The van der Waals surface area contributed by atoms with Crippen molar-refractivity contribution in [3.8, 4) is 0 Å². The molecule has 1 fully saturated rings. The Morgan fingerprint density at radius 2 is 1.38 bits per heavy atom. The number of anilines is 3. The van der Waals surface area contributed by atoms with E-state index in [0.717, 1.165) is 42.0 Å². The molecular formula is C29H27N3O2. The minimum Gasteiger partial charge on any atom is -0.372 e. The van der Waals surface area contributed by atoms with Crippen molar-refractivity contribution in [2.45, 2.75) is 26.2 Å². The molecule has 2 amide bonds. The van der Waals surface area contributed by atoms with Gasteiger partial charge in [-0.15, -0.1) is 0 Å². The Morgan fingerprint density at radius 1 is 0.706 bits per heavy atom. The molecule has 170 valence electrons. The molecule has 0 saturated carbocycles. The topological polar surface area (TPSA) is 43.9 Å². The molecule has 3 aromatic carbocycles. The van der Waals surface area contributed by atoms with Gasteiger partial charge in [-0.25, -0.2) is 4.90 Å². The van der Waals surface area contributed by atoms with Crippen LogP contribution in [0.2, 0.25) is 0 Å². The summed E-state index contributed by atoms with van der Waals surface area (Å²) in [5, 5.41) is 0. The average molecular weight is 450 g/mol. The summed E-state index contributed by atoms with van der Waals surface area (Å²) in [6, 6.07) is 23.8. The molecular weight excluding hydrogens is 422 g/mol. The zero-order chi connectivity index (χ0) is 23.2. The number of rotatable bonds is 4. The number of carbonyl (C=O) groups is 2. The van der Waals surface area contributed by atoms with Crippen LogP contribution in [-0.2, 0) is 16.0 Å². The van der Waals surface area contributed by atoms with Crippen LogP contribution in [0.15, 0.2) is 78.5 Å². The molecule has 3 aliphatic rings. The van der Waals surface area contributed by atoms with E-state index in [4.69, 9.17) is 0 Å². The lowest BCUT2D eigenvalue weighted by atomic mass is 10.0. The van der Waals surface area contributed by atoms with Gasteiger partial charge in [-0.2, -0.15) is 0 Å². The van der Waals surface area contributed by atoms with Crippen molar-refractivity contribution in [1.82, 2.24) is 0 Å². The molecule has 0 radical (unpaired) electrons. The van der Waals surface area contributed by atoms with Crippen molar-refractivity contribution in [3.63, 3.8) is 0 Å². The van der Waals surface area contributed by atoms with E-state index in [0.29, 0.717) is 23.5 Å². The van der Waals surface area contributed by atoms with Gasteiger partial charge in [0.15, 0.2) is 0 Å². The van der Waals surface area contributed by atoms with E-state index in [9.17, 15) is 9.59 Å². The monoisotopic (exact) mass is 449 g/mol. The number of carbonyl (C=O) groups excluding carboxylic acids is 2. The third kappa shape index (κ3) is 3.31. The highest BCUT2D eigenvalue weighted by Crippen LogP contribution is 2.40. The Bertz CT molecular complexity index is 1300. The van der Waals surface area contributed by atoms with Gasteiger partial charge in [0, 0.05) is 31.0 Å². The van der Waals surface area contributed by atoms with Gasteiger partial charge in [0.1, 0.15) is 5.70 Å². The van der Waals surface area contributed by atoms with E-state index in [1.807, 2.05) is 78.6 Å². The van der Waals surface area contributed by atoms with Gasteiger partial charge >= 0.3 is 0 Å². The molecule has 0 atom stereocenters. The van der Waals surface area contributed by atoms with Gasteiger partial charge in [-0.1, -0.05) is 48.0 Å². The minimum atomic E-state index is -0.262.